The van der Waals surface area contributed by atoms with Crippen molar-refractivity contribution in [3.8, 4) is 0 Å². The van der Waals surface area contributed by atoms with Gasteiger partial charge in [-0.2, -0.15) is 4.31 Å². The Morgan fingerprint density at radius 2 is 2.15 bits per heavy atom. The number of esters is 1. The van der Waals surface area contributed by atoms with Crippen molar-refractivity contribution in [1.29, 1.82) is 0 Å². The Labute approximate surface area is 118 Å². The molecule has 0 aliphatic heterocycles. The minimum absolute atomic E-state index is 0.224. The van der Waals surface area contributed by atoms with Gasteiger partial charge in [0.05, 0.1) is 6.61 Å². The fraction of sp³-hybridized carbons (Fsp3) is 0.667. The normalized spacial score (nSPS) is 11.8. The molecule has 1 aromatic rings. The number of rotatable bonds is 8. The van der Waals surface area contributed by atoms with Gasteiger partial charge in [-0.25, -0.2) is 8.42 Å². The van der Waals surface area contributed by atoms with Crippen LogP contribution in [0.15, 0.2) is 10.6 Å². The third-order valence-corrected chi connectivity index (χ3v) is 4.24. The van der Waals surface area contributed by atoms with Crippen LogP contribution < -0.4 is 0 Å². The van der Waals surface area contributed by atoms with Crippen LogP contribution in [0.4, 0.5) is 0 Å². The number of ether oxygens (including phenoxy) is 1. The average Bonchev–Trinajstić information content (AvgIpc) is 2.73. The molecule has 0 aliphatic carbocycles. The molecule has 1 aromatic heterocycles. The van der Waals surface area contributed by atoms with Crippen LogP contribution in [0.25, 0.3) is 0 Å². The quantitative estimate of drug-likeness (QED) is 0.668. The molecule has 0 N–H and O–H groups in total. The van der Waals surface area contributed by atoms with Crippen molar-refractivity contribution in [3.63, 3.8) is 0 Å². The second kappa shape index (κ2) is 7.39. The molecule has 0 spiro atoms. The summed E-state index contributed by atoms with van der Waals surface area (Å²) in [5.41, 5.74) is 0.326. The van der Waals surface area contributed by atoms with Crippen LogP contribution in [0.3, 0.4) is 0 Å². The molecule has 0 radical (unpaired) electrons. The predicted octanol–water partition coefficient (Wildman–Crippen LogP) is 1.09. The van der Waals surface area contributed by atoms with Crippen LogP contribution >= 0.6 is 0 Å². The molecular weight excluding hydrogens is 284 g/mol. The Morgan fingerprint density at radius 1 is 1.45 bits per heavy atom. The minimum atomic E-state index is -3.63. The van der Waals surface area contributed by atoms with Crippen molar-refractivity contribution >= 4 is 16.0 Å². The van der Waals surface area contributed by atoms with Gasteiger partial charge in [0.2, 0.25) is 10.0 Å². The van der Waals surface area contributed by atoms with E-state index in [2.05, 4.69) is 5.16 Å². The zero-order chi connectivity index (χ0) is 15.2. The van der Waals surface area contributed by atoms with Gasteiger partial charge in [0.15, 0.2) is 0 Å². The molecule has 0 aliphatic rings. The van der Waals surface area contributed by atoms with Crippen LogP contribution in [-0.2, 0) is 25.3 Å². The van der Waals surface area contributed by atoms with E-state index in [-0.39, 0.29) is 25.4 Å². The molecule has 0 aromatic carbocycles. The highest BCUT2D eigenvalue weighted by Gasteiger charge is 2.26. The first-order valence-electron chi connectivity index (χ1n) is 6.44. The largest absolute Gasteiger partial charge is 0.465 e. The van der Waals surface area contributed by atoms with Crippen LogP contribution in [-0.4, -0.2) is 43.5 Å². The molecule has 7 nitrogen and oxygen atoms in total. The van der Waals surface area contributed by atoms with Gasteiger partial charge in [-0.05, 0) is 20.3 Å². The van der Waals surface area contributed by atoms with Crippen LogP contribution in [0.2, 0.25) is 0 Å². The van der Waals surface area contributed by atoms with E-state index in [0.717, 1.165) is 4.31 Å². The van der Waals surface area contributed by atoms with Gasteiger partial charge in [-0.1, -0.05) is 12.1 Å². The molecule has 0 bridgehead atoms. The molecule has 20 heavy (non-hydrogen) atoms. The summed E-state index contributed by atoms with van der Waals surface area (Å²) in [6, 6.07) is 1.56. The molecule has 0 saturated heterocycles. The zero-order valence-corrected chi connectivity index (χ0v) is 12.8. The van der Waals surface area contributed by atoms with Crippen molar-refractivity contribution in [2.45, 2.75) is 32.9 Å². The first-order chi connectivity index (χ1) is 9.39. The molecule has 0 unspecified atom stereocenters. The maximum absolute atomic E-state index is 12.3. The van der Waals surface area contributed by atoms with E-state index in [9.17, 15) is 13.2 Å². The smallest absolute Gasteiger partial charge is 0.321 e. The van der Waals surface area contributed by atoms with E-state index in [1.54, 1.807) is 19.9 Å². The SMILES string of the molecule is CCCN(CC(=O)OCC)S(=O)(=O)Cc1cc(C)on1. The third kappa shape index (κ3) is 4.93. The summed E-state index contributed by atoms with van der Waals surface area (Å²) in [6.45, 7) is 5.41. The summed E-state index contributed by atoms with van der Waals surface area (Å²) in [5.74, 6) is -0.299. The van der Waals surface area contributed by atoms with E-state index in [4.69, 9.17) is 9.26 Å². The Bertz CT molecular complexity index is 538. The Balaban J connectivity index is 2.80. The number of aromatic nitrogens is 1. The molecule has 1 rings (SSSR count). The number of hydrogen-bond acceptors (Lipinski definition) is 6. The van der Waals surface area contributed by atoms with Gasteiger partial charge < -0.3 is 9.26 Å². The van der Waals surface area contributed by atoms with Crippen LogP contribution in [0.5, 0.6) is 0 Å². The van der Waals surface area contributed by atoms with Crippen molar-refractivity contribution in [2.75, 3.05) is 19.7 Å². The number of aryl methyl sites for hydroxylation is 1. The summed E-state index contributed by atoms with van der Waals surface area (Å²) >= 11 is 0. The predicted molar refractivity (Wildman–Crippen MR) is 72.4 cm³/mol. The number of sulfonamides is 1. The summed E-state index contributed by atoms with van der Waals surface area (Å²) in [4.78, 5) is 11.5. The lowest BCUT2D eigenvalue weighted by atomic mass is 10.4. The van der Waals surface area contributed by atoms with E-state index in [1.165, 1.54) is 0 Å². The maximum atomic E-state index is 12.3. The molecule has 0 fully saturated rings. The number of carbonyl (C=O) groups is 1. The van der Waals surface area contributed by atoms with E-state index in [1.807, 2.05) is 6.92 Å². The Kier molecular flexibility index (Phi) is 6.15. The molecule has 0 saturated carbocycles. The summed E-state index contributed by atoms with van der Waals surface area (Å²) < 4.78 is 35.3. The maximum Gasteiger partial charge on any atom is 0.321 e. The van der Waals surface area contributed by atoms with Gasteiger partial charge in [-0.15, -0.1) is 0 Å². The van der Waals surface area contributed by atoms with Gasteiger partial charge in [0.25, 0.3) is 0 Å². The monoisotopic (exact) mass is 304 g/mol. The fourth-order valence-electron chi connectivity index (χ4n) is 1.68. The molecule has 8 heteroatoms. The van der Waals surface area contributed by atoms with E-state index >= 15 is 0 Å². The van der Waals surface area contributed by atoms with Gasteiger partial charge in [0, 0.05) is 12.6 Å². The zero-order valence-electron chi connectivity index (χ0n) is 12.0. The lowest BCUT2D eigenvalue weighted by Crippen LogP contribution is -2.37. The summed E-state index contributed by atoms with van der Waals surface area (Å²) in [5, 5.41) is 3.66. The lowest BCUT2D eigenvalue weighted by molar-refractivity contribution is -0.143. The van der Waals surface area contributed by atoms with Crippen molar-refractivity contribution < 1.29 is 22.5 Å². The molecule has 114 valence electrons. The third-order valence-electron chi connectivity index (χ3n) is 2.48. The van der Waals surface area contributed by atoms with Crippen molar-refractivity contribution in [1.82, 2.24) is 9.46 Å². The fourth-order valence-corrected chi connectivity index (χ4v) is 3.14. The highest BCUT2D eigenvalue weighted by Crippen LogP contribution is 2.12. The summed E-state index contributed by atoms with van der Waals surface area (Å²) in [6.07, 6.45) is 0.608. The van der Waals surface area contributed by atoms with Gasteiger partial charge >= 0.3 is 5.97 Å². The van der Waals surface area contributed by atoms with Gasteiger partial charge in [-0.3, -0.25) is 4.79 Å². The standard InChI is InChI=1S/C12H20N2O5S/c1-4-6-14(8-12(15)18-5-2)20(16,17)9-11-7-10(3)19-13-11/h7H,4-6,8-9H2,1-3H3. The lowest BCUT2D eigenvalue weighted by Gasteiger charge is -2.19. The molecule has 0 atom stereocenters. The number of hydrogen-bond donors (Lipinski definition) is 0. The Hall–Kier alpha value is -1.41. The molecule has 1 heterocycles. The minimum Gasteiger partial charge on any atom is -0.465 e. The Morgan fingerprint density at radius 3 is 2.65 bits per heavy atom. The van der Waals surface area contributed by atoms with Gasteiger partial charge in [0.1, 0.15) is 23.8 Å². The second-order valence-corrected chi connectivity index (χ2v) is 6.29. The highest BCUT2D eigenvalue weighted by atomic mass is 32.2. The number of carbonyl (C=O) groups excluding carboxylic acids is 1. The van der Waals surface area contributed by atoms with Crippen molar-refractivity contribution in [3.05, 3.63) is 17.5 Å². The number of nitrogens with zero attached hydrogens (tertiary/aromatic N) is 2. The molecule has 0 amide bonds. The highest BCUT2D eigenvalue weighted by molar-refractivity contribution is 7.88. The topological polar surface area (TPSA) is 89.7 Å². The summed E-state index contributed by atoms with van der Waals surface area (Å²) in [7, 11) is -3.63. The molecular formula is C12H20N2O5S. The average molecular weight is 304 g/mol. The van der Waals surface area contributed by atoms with E-state index < -0.39 is 16.0 Å². The first kappa shape index (κ1) is 16.6. The first-order valence-corrected chi connectivity index (χ1v) is 8.05. The van der Waals surface area contributed by atoms with Crippen molar-refractivity contribution in [2.24, 2.45) is 0 Å². The van der Waals surface area contributed by atoms with Crippen LogP contribution in [0.1, 0.15) is 31.7 Å². The second-order valence-electron chi connectivity index (χ2n) is 4.32. The van der Waals surface area contributed by atoms with Crippen LogP contribution in [0, 0.1) is 6.92 Å². The van der Waals surface area contributed by atoms with E-state index in [0.29, 0.717) is 17.9 Å².